The fraction of sp³-hybridized carbons (Fsp3) is 0.364. The van der Waals surface area contributed by atoms with Gasteiger partial charge in [-0.3, -0.25) is 9.88 Å². The molecule has 6 heteroatoms. The van der Waals surface area contributed by atoms with Gasteiger partial charge in [-0.2, -0.15) is 0 Å². The predicted octanol–water partition coefficient (Wildman–Crippen LogP) is 4.35. The number of hydrogen-bond donors (Lipinski definition) is 1. The molecule has 4 heterocycles. The van der Waals surface area contributed by atoms with Gasteiger partial charge in [-0.1, -0.05) is 12.5 Å². The first-order valence-electron chi connectivity index (χ1n) is 9.85. The first-order valence-corrected chi connectivity index (χ1v) is 9.85. The van der Waals surface area contributed by atoms with Gasteiger partial charge in [0.1, 0.15) is 5.82 Å². The van der Waals surface area contributed by atoms with Crippen molar-refractivity contribution in [1.29, 1.82) is 0 Å². The summed E-state index contributed by atoms with van der Waals surface area (Å²) in [5.41, 5.74) is 4.46. The van der Waals surface area contributed by atoms with E-state index < -0.39 is 0 Å². The fourth-order valence-electron chi connectivity index (χ4n) is 3.85. The Morgan fingerprint density at radius 3 is 2.54 bits per heavy atom. The Morgan fingerprint density at radius 2 is 1.82 bits per heavy atom. The SMILES string of the molecule is Cc1cc(C)nc(Nc2ccc([C@H]3CCCCN3Cc3ccncc3)cn2)n1. The van der Waals surface area contributed by atoms with Crippen LogP contribution in [0.3, 0.4) is 0 Å². The second-order valence-electron chi connectivity index (χ2n) is 7.41. The molecule has 0 saturated carbocycles. The van der Waals surface area contributed by atoms with Crippen LogP contribution in [0.15, 0.2) is 48.9 Å². The Morgan fingerprint density at radius 1 is 1.04 bits per heavy atom. The summed E-state index contributed by atoms with van der Waals surface area (Å²) < 4.78 is 0. The lowest BCUT2D eigenvalue weighted by Gasteiger charge is -2.36. The minimum absolute atomic E-state index is 0.404. The molecule has 3 aromatic rings. The van der Waals surface area contributed by atoms with Crippen molar-refractivity contribution in [1.82, 2.24) is 24.8 Å². The number of hydrogen-bond acceptors (Lipinski definition) is 6. The summed E-state index contributed by atoms with van der Waals surface area (Å²) in [5.74, 6) is 1.36. The van der Waals surface area contributed by atoms with Crippen molar-refractivity contribution in [3.63, 3.8) is 0 Å². The van der Waals surface area contributed by atoms with Crippen LogP contribution in [0.4, 0.5) is 11.8 Å². The van der Waals surface area contributed by atoms with Gasteiger partial charge in [0.2, 0.25) is 5.95 Å². The normalized spacial score (nSPS) is 17.4. The molecule has 144 valence electrons. The molecule has 1 N–H and O–H groups in total. The maximum absolute atomic E-state index is 4.62. The highest BCUT2D eigenvalue weighted by molar-refractivity contribution is 5.48. The quantitative estimate of drug-likeness (QED) is 0.716. The Hall–Kier alpha value is -2.86. The second-order valence-corrected chi connectivity index (χ2v) is 7.41. The maximum atomic E-state index is 4.62. The largest absolute Gasteiger partial charge is 0.309 e. The molecule has 1 fully saturated rings. The molecule has 1 saturated heterocycles. The minimum Gasteiger partial charge on any atom is -0.309 e. The molecule has 0 aliphatic carbocycles. The Balaban J connectivity index is 1.48. The first-order chi connectivity index (χ1) is 13.7. The average molecular weight is 374 g/mol. The van der Waals surface area contributed by atoms with Gasteiger partial charge in [-0.05, 0) is 68.6 Å². The highest BCUT2D eigenvalue weighted by atomic mass is 15.2. The van der Waals surface area contributed by atoms with Crippen molar-refractivity contribution in [3.8, 4) is 0 Å². The van der Waals surface area contributed by atoms with E-state index in [1.807, 2.05) is 44.6 Å². The molecule has 0 bridgehead atoms. The number of piperidine rings is 1. The summed E-state index contributed by atoms with van der Waals surface area (Å²) in [5, 5.41) is 3.21. The molecule has 1 aliphatic rings. The predicted molar refractivity (Wildman–Crippen MR) is 110 cm³/mol. The van der Waals surface area contributed by atoms with Crippen molar-refractivity contribution in [2.24, 2.45) is 0 Å². The smallest absolute Gasteiger partial charge is 0.228 e. The standard InChI is InChI=1S/C22H26N6/c1-16-13-17(2)26-22(25-16)27-21-7-6-19(14-24-21)20-5-3-4-12-28(20)15-18-8-10-23-11-9-18/h6-11,13-14,20H,3-5,12,15H2,1-2H3,(H,24,25,26,27)/t20-/m1/s1. The fourth-order valence-corrected chi connectivity index (χ4v) is 3.85. The number of anilines is 2. The number of rotatable bonds is 5. The van der Waals surface area contributed by atoms with Gasteiger partial charge in [0.15, 0.2) is 0 Å². The molecule has 0 radical (unpaired) electrons. The van der Waals surface area contributed by atoms with Crippen LogP contribution in [0.25, 0.3) is 0 Å². The van der Waals surface area contributed by atoms with Crippen molar-refractivity contribution < 1.29 is 0 Å². The lowest BCUT2D eigenvalue weighted by atomic mass is 9.96. The molecule has 3 aromatic heterocycles. The molecule has 4 rings (SSSR count). The highest BCUT2D eigenvalue weighted by Gasteiger charge is 2.24. The zero-order valence-electron chi connectivity index (χ0n) is 16.5. The van der Waals surface area contributed by atoms with E-state index in [2.05, 4.69) is 48.4 Å². The van der Waals surface area contributed by atoms with Crippen LogP contribution in [-0.4, -0.2) is 31.4 Å². The topological polar surface area (TPSA) is 66.8 Å². The summed E-state index contributed by atoms with van der Waals surface area (Å²) in [4.78, 5) is 20.1. The van der Waals surface area contributed by atoms with Crippen LogP contribution < -0.4 is 5.32 Å². The van der Waals surface area contributed by atoms with Crippen LogP contribution in [-0.2, 0) is 6.54 Å². The molecule has 1 aliphatic heterocycles. The maximum Gasteiger partial charge on any atom is 0.228 e. The van der Waals surface area contributed by atoms with E-state index in [1.165, 1.54) is 30.4 Å². The molecule has 28 heavy (non-hydrogen) atoms. The number of nitrogens with zero attached hydrogens (tertiary/aromatic N) is 5. The second kappa shape index (κ2) is 8.44. The molecular weight excluding hydrogens is 348 g/mol. The van der Waals surface area contributed by atoms with Gasteiger partial charge in [0, 0.05) is 42.6 Å². The Labute approximate surface area is 166 Å². The lowest BCUT2D eigenvalue weighted by Crippen LogP contribution is -2.33. The van der Waals surface area contributed by atoms with Crippen molar-refractivity contribution in [2.45, 2.75) is 45.7 Å². The van der Waals surface area contributed by atoms with Crippen LogP contribution in [0, 0.1) is 13.8 Å². The van der Waals surface area contributed by atoms with Crippen LogP contribution in [0.5, 0.6) is 0 Å². The number of aromatic nitrogens is 4. The van der Waals surface area contributed by atoms with Crippen molar-refractivity contribution in [3.05, 3.63) is 71.4 Å². The molecule has 0 amide bonds. The van der Waals surface area contributed by atoms with Gasteiger partial charge in [-0.15, -0.1) is 0 Å². The molecular formula is C22H26N6. The third-order valence-electron chi connectivity index (χ3n) is 5.14. The van der Waals surface area contributed by atoms with E-state index >= 15 is 0 Å². The Bertz CT molecular complexity index is 890. The van der Waals surface area contributed by atoms with Gasteiger partial charge < -0.3 is 5.32 Å². The van der Waals surface area contributed by atoms with Gasteiger partial charge in [-0.25, -0.2) is 15.0 Å². The third kappa shape index (κ3) is 4.51. The van der Waals surface area contributed by atoms with Crippen molar-refractivity contribution >= 4 is 11.8 Å². The van der Waals surface area contributed by atoms with Crippen LogP contribution in [0.2, 0.25) is 0 Å². The zero-order valence-corrected chi connectivity index (χ0v) is 16.5. The van der Waals surface area contributed by atoms with Crippen molar-refractivity contribution in [2.75, 3.05) is 11.9 Å². The van der Waals surface area contributed by atoms with E-state index in [0.717, 1.165) is 30.3 Å². The number of pyridine rings is 2. The Kier molecular flexibility index (Phi) is 5.58. The first kappa shape index (κ1) is 18.5. The van der Waals surface area contributed by atoms with E-state index in [1.54, 1.807) is 0 Å². The number of nitrogens with one attached hydrogen (secondary N) is 1. The lowest BCUT2D eigenvalue weighted by molar-refractivity contribution is 0.140. The number of aryl methyl sites for hydroxylation is 2. The molecule has 6 nitrogen and oxygen atoms in total. The highest BCUT2D eigenvalue weighted by Crippen LogP contribution is 2.32. The van der Waals surface area contributed by atoms with Gasteiger partial charge in [0.25, 0.3) is 0 Å². The van der Waals surface area contributed by atoms with Gasteiger partial charge >= 0.3 is 0 Å². The minimum atomic E-state index is 0.404. The summed E-state index contributed by atoms with van der Waals surface area (Å²) in [7, 11) is 0. The van der Waals surface area contributed by atoms with Gasteiger partial charge in [0.05, 0.1) is 0 Å². The molecule has 1 atom stereocenters. The van der Waals surface area contributed by atoms with E-state index in [0.29, 0.717) is 12.0 Å². The summed E-state index contributed by atoms with van der Waals surface area (Å²) in [6, 6.07) is 10.8. The molecule has 0 spiro atoms. The molecule has 0 unspecified atom stereocenters. The summed E-state index contributed by atoms with van der Waals surface area (Å²) >= 11 is 0. The van der Waals surface area contributed by atoms with E-state index in [9.17, 15) is 0 Å². The average Bonchev–Trinajstić information content (AvgIpc) is 2.69. The number of likely N-dealkylation sites (tertiary alicyclic amines) is 1. The summed E-state index contributed by atoms with van der Waals surface area (Å²) in [6.07, 6.45) is 9.39. The van der Waals surface area contributed by atoms with Crippen LogP contribution >= 0.6 is 0 Å². The zero-order chi connectivity index (χ0) is 19.3. The summed E-state index contributed by atoms with van der Waals surface area (Å²) in [6.45, 7) is 6.00. The molecule has 0 aromatic carbocycles. The monoisotopic (exact) mass is 374 g/mol. The van der Waals surface area contributed by atoms with E-state index in [4.69, 9.17) is 0 Å². The van der Waals surface area contributed by atoms with Crippen LogP contribution in [0.1, 0.15) is 47.8 Å². The third-order valence-corrected chi connectivity index (χ3v) is 5.14. The van der Waals surface area contributed by atoms with E-state index in [-0.39, 0.29) is 0 Å².